The number of hydrogen-bond donors (Lipinski definition) is 1. The topological polar surface area (TPSA) is 65.3 Å². The molecule has 0 aliphatic carbocycles. The molecule has 24 heavy (non-hydrogen) atoms. The Labute approximate surface area is 142 Å². The van der Waals surface area contributed by atoms with Crippen molar-refractivity contribution in [2.75, 3.05) is 0 Å². The quantitative estimate of drug-likeness (QED) is 0.846. The predicted molar refractivity (Wildman–Crippen MR) is 96.9 cm³/mol. The van der Waals surface area contributed by atoms with Crippen LogP contribution in [-0.4, -0.2) is 33.0 Å². The van der Waals surface area contributed by atoms with Gasteiger partial charge < -0.3 is 5.11 Å². The van der Waals surface area contributed by atoms with Crippen molar-refractivity contribution in [2.24, 2.45) is 10.1 Å². The van der Waals surface area contributed by atoms with Gasteiger partial charge in [-0.25, -0.2) is 5.01 Å². The molecular weight excluding hydrogens is 302 g/mol. The van der Waals surface area contributed by atoms with E-state index < -0.39 is 5.54 Å². The summed E-state index contributed by atoms with van der Waals surface area (Å²) in [6.45, 7) is 9.24. The van der Waals surface area contributed by atoms with Crippen LogP contribution in [0.5, 0.6) is 0 Å². The molecule has 0 saturated heterocycles. The van der Waals surface area contributed by atoms with E-state index in [1.807, 2.05) is 45.0 Å². The molecule has 1 aliphatic rings. The van der Waals surface area contributed by atoms with Crippen molar-refractivity contribution in [1.82, 2.24) is 5.01 Å². The zero-order valence-corrected chi connectivity index (χ0v) is 14.4. The van der Waals surface area contributed by atoms with Crippen molar-refractivity contribution >= 4 is 17.3 Å². The third kappa shape index (κ3) is 3.51. The fraction of sp³-hybridized carbons (Fsp3) is 0.316. The van der Waals surface area contributed by atoms with Gasteiger partial charge in [-0.1, -0.05) is 36.9 Å². The van der Waals surface area contributed by atoms with Gasteiger partial charge in [0.1, 0.15) is 5.71 Å². The first kappa shape index (κ1) is 17.8. The van der Waals surface area contributed by atoms with Crippen LogP contribution in [0.4, 0.5) is 0 Å². The molecule has 126 valence electrons. The average Bonchev–Trinajstić information content (AvgIpc) is 2.89. The fourth-order valence-electron chi connectivity index (χ4n) is 2.72. The second-order valence-electron chi connectivity index (χ2n) is 6.17. The number of aliphatic imine (C=N–C) groups is 1. The number of rotatable bonds is 5. The lowest BCUT2D eigenvalue weighted by atomic mass is 9.92. The van der Waals surface area contributed by atoms with Crippen LogP contribution in [0.25, 0.3) is 0 Å². The molecule has 0 bridgehead atoms. The number of carbonyl (C=O) groups is 1. The SMILES string of the molecule is C=CN=C(/C=C\C)C(=O)N1N=C(c2ccccc2CO)CC1(C)C. The number of nitrogens with zero attached hydrogens (tertiary/aromatic N) is 3. The summed E-state index contributed by atoms with van der Waals surface area (Å²) in [5, 5.41) is 15.6. The second-order valence-corrected chi connectivity index (χ2v) is 6.17. The van der Waals surface area contributed by atoms with Crippen LogP contribution in [-0.2, 0) is 11.4 Å². The zero-order valence-electron chi connectivity index (χ0n) is 14.4. The highest BCUT2D eigenvalue weighted by atomic mass is 16.3. The van der Waals surface area contributed by atoms with Crippen molar-refractivity contribution < 1.29 is 9.90 Å². The summed E-state index contributed by atoms with van der Waals surface area (Å²) in [4.78, 5) is 16.9. The van der Waals surface area contributed by atoms with E-state index in [9.17, 15) is 9.90 Å². The molecule has 0 radical (unpaired) electrons. The van der Waals surface area contributed by atoms with Crippen LogP contribution >= 0.6 is 0 Å². The zero-order chi connectivity index (χ0) is 17.7. The first-order valence-corrected chi connectivity index (χ1v) is 7.87. The molecule has 5 nitrogen and oxygen atoms in total. The number of hydrazone groups is 1. The Hall–Kier alpha value is -2.53. The molecule has 0 atom stereocenters. The monoisotopic (exact) mass is 325 g/mol. The Morgan fingerprint density at radius 1 is 1.46 bits per heavy atom. The molecule has 0 unspecified atom stereocenters. The third-order valence-corrected chi connectivity index (χ3v) is 3.86. The number of carbonyl (C=O) groups excluding carboxylic acids is 1. The van der Waals surface area contributed by atoms with Crippen LogP contribution in [0, 0.1) is 0 Å². The van der Waals surface area contributed by atoms with E-state index in [0.29, 0.717) is 12.1 Å². The lowest BCUT2D eigenvalue weighted by molar-refractivity contribution is -0.127. The smallest absolute Gasteiger partial charge is 0.293 e. The van der Waals surface area contributed by atoms with Crippen molar-refractivity contribution in [3.63, 3.8) is 0 Å². The maximum atomic E-state index is 12.8. The number of aliphatic hydroxyl groups excluding tert-OH is 1. The van der Waals surface area contributed by atoms with Gasteiger partial charge in [-0.2, -0.15) is 5.10 Å². The minimum Gasteiger partial charge on any atom is -0.392 e. The number of hydrogen-bond acceptors (Lipinski definition) is 4. The molecule has 1 N–H and O–H groups in total. The standard InChI is InChI=1S/C19H23N3O2/c1-5-9-16(20-6-2)18(24)22-19(3,4)12-17(21-22)15-11-8-7-10-14(15)13-23/h5-11,23H,2,12-13H2,1,3-4H3/b9-5-,20-16?. The second kappa shape index (κ2) is 7.36. The molecule has 0 saturated carbocycles. The van der Waals surface area contributed by atoms with Gasteiger partial charge >= 0.3 is 0 Å². The van der Waals surface area contributed by atoms with E-state index in [1.54, 1.807) is 12.2 Å². The predicted octanol–water partition coefficient (Wildman–Crippen LogP) is 3.05. The van der Waals surface area contributed by atoms with E-state index in [4.69, 9.17) is 0 Å². The highest BCUT2D eigenvalue weighted by Gasteiger charge is 2.39. The maximum Gasteiger partial charge on any atom is 0.293 e. The molecule has 1 aromatic rings. The summed E-state index contributed by atoms with van der Waals surface area (Å²) in [5.74, 6) is -0.269. The number of aliphatic hydroxyl groups is 1. The molecule has 2 rings (SSSR count). The normalized spacial score (nSPS) is 17.2. The summed E-state index contributed by atoms with van der Waals surface area (Å²) in [6.07, 6.45) is 5.36. The van der Waals surface area contributed by atoms with E-state index in [0.717, 1.165) is 16.8 Å². The highest BCUT2D eigenvalue weighted by Crippen LogP contribution is 2.31. The van der Waals surface area contributed by atoms with E-state index in [2.05, 4.69) is 16.7 Å². The van der Waals surface area contributed by atoms with Crippen LogP contribution in [0.15, 0.2) is 59.3 Å². The molecule has 1 aromatic carbocycles. The Morgan fingerprint density at radius 2 is 2.17 bits per heavy atom. The molecular formula is C19H23N3O2. The number of allylic oxidation sites excluding steroid dienone is 1. The van der Waals surface area contributed by atoms with Gasteiger partial charge in [0.25, 0.3) is 5.91 Å². The molecule has 1 aliphatic heterocycles. The Morgan fingerprint density at radius 3 is 2.79 bits per heavy atom. The van der Waals surface area contributed by atoms with Gasteiger partial charge in [0.2, 0.25) is 0 Å². The van der Waals surface area contributed by atoms with Gasteiger partial charge in [-0.05, 0) is 32.4 Å². The van der Waals surface area contributed by atoms with Gasteiger partial charge in [0.15, 0.2) is 0 Å². The van der Waals surface area contributed by atoms with E-state index >= 15 is 0 Å². The molecule has 0 spiro atoms. The van der Waals surface area contributed by atoms with Crippen LogP contribution < -0.4 is 0 Å². The average molecular weight is 325 g/mol. The van der Waals surface area contributed by atoms with Crippen LogP contribution in [0.1, 0.15) is 38.3 Å². The van der Waals surface area contributed by atoms with E-state index in [1.165, 1.54) is 11.2 Å². The number of benzene rings is 1. The van der Waals surface area contributed by atoms with Crippen LogP contribution in [0.2, 0.25) is 0 Å². The van der Waals surface area contributed by atoms with Gasteiger partial charge in [0, 0.05) is 18.2 Å². The summed E-state index contributed by atoms with van der Waals surface area (Å²) in [6, 6.07) is 7.55. The summed E-state index contributed by atoms with van der Waals surface area (Å²) in [5.41, 5.74) is 2.28. The summed E-state index contributed by atoms with van der Waals surface area (Å²) >= 11 is 0. The Balaban J connectivity index is 2.43. The largest absolute Gasteiger partial charge is 0.392 e. The van der Waals surface area contributed by atoms with Crippen molar-refractivity contribution in [1.29, 1.82) is 0 Å². The lowest BCUT2D eigenvalue weighted by Gasteiger charge is -2.28. The highest BCUT2D eigenvalue weighted by molar-refractivity contribution is 6.43. The first-order valence-electron chi connectivity index (χ1n) is 7.87. The molecule has 1 amide bonds. The molecule has 0 fully saturated rings. The third-order valence-electron chi connectivity index (χ3n) is 3.86. The van der Waals surface area contributed by atoms with E-state index in [-0.39, 0.29) is 12.5 Å². The number of amides is 1. The fourth-order valence-corrected chi connectivity index (χ4v) is 2.72. The molecule has 0 aromatic heterocycles. The summed E-state index contributed by atoms with van der Waals surface area (Å²) < 4.78 is 0. The van der Waals surface area contributed by atoms with Crippen LogP contribution in [0.3, 0.4) is 0 Å². The first-order chi connectivity index (χ1) is 11.4. The lowest BCUT2D eigenvalue weighted by Crippen LogP contribution is -2.43. The minimum atomic E-state index is -0.474. The summed E-state index contributed by atoms with van der Waals surface area (Å²) in [7, 11) is 0. The Kier molecular flexibility index (Phi) is 5.46. The molecule has 5 heteroatoms. The van der Waals surface area contributed by atoms with Gasteiger partial charge in [-0.15, -0.1) is 0 Å². The van der Waals surface area contributed by atoms with Gasteiger partial charge in [-0.3, -0.25) is 9.79 Å². The van der Waals surface area contributed by atoms with Crippen molar-refractivity contribution in [3.05, 3.63) is 60.3 Å². The molecule has 1 heterocycles. The Bertz CT molecular complexity index is 730. The van der Waals surface area contributed by atoms with Crippen molar-refractivity contribution in [3.8, 4) is 0 Å². The van der Waals surface area contributed by atoms with Gasteiger partial charge in [0.05, 0.1) is 17.9 Å². The minimum absolute atomic E-state index is 0.0642. The maximum absolute atomic E-state index is 12.8. The van der Waals surface area contributed by atoms with Crippen molar-refractivity contribution in [2.45, 2.75) is 39.3 Å².